The summed E-state index contributed by atoms with van der Waals surface area (Å²) in [4.78, 5) is 26.0. The van der Waals surface area contributed by atoms with E-state index in [9.17, 15) is 19.1 Å². The van der Waals surface area contributed by atoms with E-state index in [2.05, 4.69) is 15.9 Å². The Balaban J connectivity index is 1.62. The van der Waals surface area contributed by atoms with Crippen molar-refractivity contribution in [2.24, 2.45) is 0 Å². The number of carboxylic acid groups (broad SMARTS) is 1. The van der Waals surface area contributed by atoms with Gasteiger partial charge in [0, 0.05) is 45.6 Å². The fraction of sp³-hybridized carbons (Fsp3) is 0.259. The summed E-state index contributed by atoms with van der Waals surface area (Å²) in [6, 6.07) is 15.2. The molecule has 0 aromatic heterocycles. The van der Waals surface area contributed by atoms with Gasteiger partial charge in [-0.05, 0) is 48.9 Å². The second-order valence-electron chi connectivity index (χ2n) is 8.99. The Morgan fingerprint density at radius 3 is 2.56 bits per heavy atom. The molecule has 3 aromatic rings. The predicted octanol–water partition coefficient (Wildman–Crippen LogP) is 5.91. The molecule has 188 valence electrons. The summed E-state index contributed by atoms with van der Waals surface area (Å²) in [5.74, 6) is -1.36. The molecule has 0 fully saturated rings. The third kappa shape index (κ3) is 5.82. The van der Waals surface area contributed by atoms with Gasteiger partial charge in [0.2, 0.25) is 0 Å². The van der Waals surface area contributed by atoms with Gasteiger partial charge in [0.25, 0.3) is 5.91 Å². The van der Waals surface area contributed by atoms with E-state index in [0.29, 0.717) is 33.8 Å². The summed E-state index contributed by atoms with van der Waals surface area (Å²) in [5, 5.41) is 10.1. The van der Waals surface area contributed by atoms with Crippen molar-refractivity contribution < 1.29 is 28.6 Å². The first kappa shape index (κ1) is 26.0. The van der Waals surface area contributed by atoms with Crippen LogP contribution in [0.4, 0.5) is 4.39 Å². The second-order valence-corrected chi connectivity index (χ2v) is 10.3. The van der Waals surface area contributed by atoms with Gasteiger partial charge < -0.3 is 19.5 Å². The summed E-state index contributed by atoms with van der Waals surface area (Å²) in [7, 11) is 1.48. The predicted molar refractivity (Wildman–Crippen MR) is 137 cm³/mol. The van der Waals surface area contributed by atoms with Crippen LogP contribution in [0, 0.1) is 5.82 Å². The van der Waals surface area contributed by atoms with Gasteiger partial charge in [-0.25, -0.2) is 4.39 Å². The fourth-order valence-electron chi connectivity index (χ4n) is 4.40. The maximum absolute atomic E-state index is 14.4. The summed E-state index contributed by atoms with van der Waals surface area (Å²) in [6.07, 6.45) is 1.13. The molecular formula is C27H24BrClFNO5. The number of aliphatic carboxylic acids is 1. The lowest BCUT2D eigenvalue weighted by Crippen LogP contribution is -2.35. The van der Waals surface area contributed by atoms with Crippen LogP contribution in [0.1, 0.15) is 34.0 Å². The minimum absolute atomic E-state index is 0.200. The molecule has 0 saturated heterocycles. The number of rotatable bonds is 8. The minimum atomic E-state index is -1.20. The number of nitrogens with zero attached hydrogens (tertiary/aromatic N) is 1. The zero-order chi connectivity index (χ0) is 26.0. The summed E-state index contributed by atoms with van der Waals surface area (Å²) in [6.45, 7) is 1.20. The number of methoxy groups -OCH3 is 1. The van der Waals surface area contributed by atoms with Crippen molar-refractivity contribution in [3.8, 4) is 11.5 Å². The molecule has 1 aliphatic rings. The number of benzene rings is 3. The van der Waals surface area contributed by atoms with E-state index in [1.54, 1.807) is 12.1 Å². The van der Waals surface area contributed by atoms with Crippen LogP contribution in [0.25, 0.3) is 0 Å². The number of carboxylic acids is 1. The SMILES string of the molecule is COc1cc(C(=O)N(CC(=O)O)Cc2ccc(Br)cc2F)cc2c1O[C@@](C)(Cc1ccc(Cl)cc1)C2. The van der Waals surface area contributed by atoms with Crippen molar-refractivity contribution in [3.63, 3.8) is 0 Å². The van der Waals surface area contributed by atoms with E-state index in [0.717, 1.165) is 16.0 Å². The Morgan fingerprint density at radius 1 is 1.19 bits per heavy atom. The van der Waals surface area contributed by atoms with Crippen LogP contribution in [-0.4, -0.2) is 41.1 Å². The lowest BCUT2D eigenvalue weighted by molar-refractivity contribution is -0.137. The standard InChI is InChI=1S/C27H24BrClFNO5/c1-27(12-16-3-7-21(29)8-4-16)13-19-9-18(10-23(35-2)25(19)36-27)26(34)31(15-24(32)33)14-17-5-6-20(28)11-22(17)30/h3-11H,12-15H2,1-2H3,(H,32,33)/t27-/m0/s1. The maximum Gasteiger partial charge on any atom is 0.323 e. The highest BCUT2D eigenvalue weighted by molar-refractivity contribution is 9.10. The van der Waals surface area contributed by atoms with Crippen LogP contribution in [0.3, 0.4) is 0 Å². The zero-order valence-electron chi connectivity index (χ0n) is 19.7. The Bertz CT molecular complexity index is 1320. The van der Waals surface area contributed by atoms with Crippen molar-refractivity contribution in [2.45, 2.75) is 31.9 Å². The minimum Gasteiger partial charge on any atom is -0.493 e. The van der Waals surface area contributed by atoms with Crippen LogP contribution in [0.2, 0.25) is 5.02 Å². The molecule has 36 heavy (non-hydrogen) atoms. The van der Waals surface area contributed by atoms with E-state index in [1.807, 2.05) is 31.2 Å². The molecule has 4 rings (SSSR count). The Hall–Kier alpha value is -3.10. The Kier molecular flexibility index (Phi) is 7.57. The van der Waals surface area contributed by atoms with Crippen molar-refractivity contribution >= 4 is 39.4 Å². The Labute approximate surface area is 221 Å². The van der Waals surface area contributed by atoms with Crippen molar-refractivity contribution in [3.05, 3.63) is 92.2 Å². The molecule has 0 unspecified atom stereocenters. The van der Waals surface area contributed by atoms with Gasteiger partial charge in [-0.3, -0.25) is 9.59 Å². The number of carbonyl (C=O) groups excluding carboxylic acids is 1. The van der Waals surface area contributed by atoms with E-state index in [-0.39, 0.29) is 17.7 Å². The third-order valence-corrected chi connectivity index (χ3v) is 6.74. The van der Waals surface area contributed by atoms with Crippen LogP contribution >= 0.6 is 27.5 Å². The van der Waals surface area contributed by atoms with E-state index >= 15 is 0 Å². The molecule has 9 heteroatoms. The van der Waals surface area contributed by atoms with E-state index in [1.165, 1.54) is 25.3 Å². The lowest BCUT2D eigenvalue weighted by atomic mass is 9.91. The van der Waals surface area contributed by atoms with Crippen molar-refractivity contribution in [1.29, 1.82) is 0 Å². The number of amides is 1. The molecule has 1 N–H and O–H groups in total. The zero-order valence-corrected chi connectivity index (χ0v) is 22.0. The fourth-order valence-corrected chi connectivity index (χ4v) is 4.86. The highest BCUT2D eigenvalue weighted by Crippen LogP contribution is 2.44. The molecule has 0 radical (unpaired) electrons. The Morgan fingerprint density at radius 2 is 1.92 bits per heavy atom. The number of fused-ring (bicyclic) bond motifs is 1. The molecule has 1 amide bonds. The monoisotopic (exact) mass is 575 g/mol. The number of hydrogen-bond donors (Lipinski definition) is 1. The average molecular weight is 577 g/mol. The smallest absolute Gasteiger partial charge is 0.323 e. The number of hydrogen-bond acceptors (Lipinski definition) is 4. The first-order valence-electron chi connectivity index (χ1n) is 11.2. The molecule has 1 aliphatic heterocycles. The van der Waals surface area contributed by atoms with E-state index < -0.39 is 29.8 Å². The van der Waals surface area contributed by atoms with Crippen molar-refractivity contribution in [1.82, 2.24) is 4.90 Å². The molecule has 0 aliphatic carbocycles. The largest absolute Gasteiger partial charge is 0.493 e. The number of ether oxygens (including phenoxy) is 2. The van der Waals surface area contributed by atoms with E-state index in [4.69, 9.17) is 21.1 Å². The molecular weight excluding hydrogens is 553 g/mol. The quantitative estimate of drug-likeness (QED) is 0.361. The topological polar surface area (TPSA) is 76.1 Å². The molecule has 3 aromatic carbocycles. The van der Waals surface area contributed by atoms with Crippen LogP contribution < -0.4 is 9.47 Å². The van der Waals surface area contributed by atoms with Gasteiger partial charge >= 0.3 is 5.97 Å². The summed E-state index contributed by atoms with van der Waals surface area (Å²) in [5.41, 5.74) is 1.70. The van der Waals surface area contributed by atoms with Gasteiger partial charge in [0.1, 0.15) is 18.0 Å². The van der Waals surface area contributed by atoms with Gasteiger partial charge in [-0.1, -0.05) is 45.7 Å². The van der Waals surface area contributed by atoms with Crippen molar-refractivity contribution in [2.75, 3.05) is 13.7 Å². The highest BCUT2D eigenvalue weighted by atomic mass is 79.9. The molecule has 1 atom stereocenters. The van der Waals surface area contributed by atoms with Gasteiger partial charge in [0.05, 0.1) is 7.11 Å². The highest BCUT2D eigenvalue weighted by Gasteiger charge is 2.38. The number of halogens is 3. The van der Waals surface area contributed by atoms with Crippen LogP contribution in [0.15, 0.2) is 59.1 Å². The maximum atomic E-state index is 14.4. The van der Waals surface area contributed by atoms with Crippen LogP contribution in [-0.2, 0) is 24.2 Å². The summed E-state index contributed by atoms with van der Waals surface area (Å²) >= 11 is 9.20. The lowest BCUT2D eigenvalue weighted by Gasteiger charge is -2.24. The first-order valence-corrected chi connectivity index (χ1v) is 12.3. The van der Waals surface area contributed by atoms with Crippen LogP contribution in [0.5, 0.6) is 11.5 Å². The average Bonchev–Trinajstić information content (AvgIpc) is 3.16. The molecule has 0 saturated carbocycles. The first-order chi connectivity index (χ1) is 17.1. The third-order valence-electron chi connectivity index (χ3n) is 5.99. The van der Waals surface area contributed by atoms with Gasteiger partial charge in [0.15, 0.2) is 11.5 Å². The number of carbonyl (C=O) groups is 2. The molecule has 1 heterocycles. The summed E-state index contributed by atoms with van der Waals surface area (Å²) < 4.78 is 26.8. The second kappa shape index (κ2) is 10.5. The molecule has 0 bridgehead atoms. The van der Waals surface area contributed by atoms with Gasteiger partial charge in [-0.15, -0.1) is 0 Å². The molecule has 6 nitrogen and oxygen atoms in total. The van der Waals surface area contributed by atoms with Gasteiger partial charge in [-0.2, -0.15) is 0 Å². The normalized spacial score (nSPS) is 16.2. The molecule has 0 spiro atoms.